The highest BCUT2D eigenvalue weighted by Gasteiger charge is 2.34. The van der Waals surface area contributed by atoms with Crippen LogP contribution >= 0.6 is 22.7 Å². The Morgan fingerprint density at radius 2 is 1.08 bits per heavy atom. The molecule has 0 fully saturated rings. The molecule has 2 heterocycles. The van der Waals surface area contributed by atoms with Crippen LogP contribution in [0.15, 0.2) is 35.0 Å². The van der Waals surface area contributed by atoms with E-state index >= 15 is 0 Å². The molecular formula is C26H48N2O4S2Si2. The Hall–Kier alpha value is -0.406. The van der Waals surface area contributed by atoms with Crippen LogP contribution in [-0.2, 0) is 31.8 Å². The fourth-order valence-corrected chi connectivity index (χ4v) is 6.68. The van der Waals surface area contributed by atoms with Gasteiger partial charge in [-0.05, 0) is 47.8 Å². The van der Waals surface area contributed by atoms with Crippen LogP contribution < -0.4 is 11.5 Å². The second kappa shape index (κ2) is 15.9. The summed E-state index contributed by atoms with van der Waals surface area (Å²) in [5.74, 6) is 0. The number of thiophene rings is 2. The molecule has 0 radical (unpaired) electrons. The lowest BCUT2D eigenvalue weighted by atomic mass is 9.95. The van der Waals surface area contributed by atoms with Crippen molar-refractivity contribution in [2.24, 2.45) is 11.5 Å². The van der Waals surface area contributed by atoms with Crippen molar-refractivity contribution in [2.75, 3.05) is 26.8 Å². The smallest absolute Gasteiger partial charge is 0.147 e. The van der Waals surface area contributed by atoms with Gasteiger partial charge in [-0.25, -0.2) is 0 Å². The minimum Gasteiger partial charge on any atom is -0.356 e. The fraction of sp³-hybridized carbons (Fsp3) is 0.692. The summed E-state index contributed by atoms with van der Waals surface area (Å²) in [5, 5.41) is 4.14. The predicted molar refractivity (Wildman–Crippen MR) is 160 cm³/mol. The van der Waals surface area contributed by atoms with Gasteiger partial charge in [-0.1, -0.05) is 51.4 Å². The monoisotopic (exact) mass is 572 g/mol. The zero-order chi connectivity index (χ0) is 26.6. The lowest BCUT2D eigenvalue weighted by molar-refractivity contribution is -0.176. The second-order valence-corrected chi connectivity index (χ2v) is 25.1. The fourth-order valence-electron chi connectivity index (χ4n) is 3.61. The van der Waals surface area contributed by atoms with E-state index in [2.05, 4.69) is 62.2 Å². The zero-order valence-corrected chi connectivity index (χ0v) is 26.7. The number of hydrogen-bond acceptors (Lipinski definition) is 8. The summed E-state index contributed by atoms with van der Waals surface area (Å²) in [7, 11) is -2.35. The Morgan fingerprint density at radius 1 is 0.694 bits per heavy atom. The standard InChI is InChI=1S/C26H48N2O4S2Si2/c1-35(2,3)15-11-29-19-31-25(23(27)17-21-9-7-13-33-21)26(24(28)18-22-10-8-14-34-22)32-20-30-12-16-36(4,5)6/h7-10,13-14,23-26H,11-12,15-20,27-28H2,1-6H3/t23-,24-,25+,26+/m1/s1. The van der Waals surface area contributed by atoms with Gasteiger partial charge in [-0.15, -0.1) is 22.7 Å². The van der Waals surface area contributed by atoms with Gasteiger partial charge in [-0.2, -0.15) is 0 Å². The molecule has 0 saturated heterocycles. The average molecular weight is 573 g/mol. The zero-order valence-electron chi connectivity index (χ0n) is 23.0. The number of ether oxygens (including phenoxy) is 4. The van der Waals surface area contributed by atoms with Crippen LogP contribution in [-0.4, -0.2) is 67.2 Å². The highest BCUT2D eigenvalue weighted by atomic mass is 32.1. The first-order chi connectivity index (χ1) is 16.9. The van der Waals surface area contributed by atoms with Crippen LogP contribution in [0.2, 0.25) is 51.4 Å². The molecule has 2 aromatic heterocycles. The molecule has 10 heteroatoms. The number of rotatable bonds is 19. The van der Waals surface area contributed by atoms with E-state index in [1.165, 1.54) is 9.75 Å². The third-order valence-electron chi connectivity index (χ3n) is 5.88. The second-order valence-electron chi connectivity index (χ2n) is 11.8. The molecule has 4 N–H and O–H groups in total. The van der Waals surface area contributed by atoms with Crippen molar-refractivity contribution >= 4 is 38.8 Å². The molecule has 0 bridgehead atoms. The highest BCUT2D eigenvalue weighted by molar-refractivity contribution is 7.10. The molecule has 0 amide bonds. The Bertz CT molecular complexity index is 743. The first-order valence-corrected chi connectivity index (χ1v) is 22.1. The van der Waals surface area contributed by atoms with E-state index in [4.69, 9.17) is 30.4 Å². The maximum Gasteiger partial charge on any atom is 0.147 e. The molecule has 0 aliphatic carbocycles. The molecule has 0 aliphatic rings. The Kier molecular flexibility index (Phi) is 14.0. The summed E-state index contributed by atoms with van der Waals surface area (Å²) >= 11 is 3.40. The molecule has 0 unspecified atom stereocenters. The summed E-state index contributed by atoms with van der Waals surface area (Å²) in [6.45, 7) is 15.8. The average Bonchev–Trinajstić information content (AvgIpc) is 3.46. The Morgan fingerprint density at radius 3 is 1.39 bits per heavy atom. The summed E-state index contributed by atoms with van der Waals surface area (Å²) in [6.07, 6.45) is 0.544. The van der Waals surface area contributed by atoms with Gasteiger partial charge in [0, 0.05) is 51.2 Å². The summed E-state index contributed by atoms with van der Waals surface area (Å²) < 4.78 is 24.4. The van der Waals surface area contributed by atoms with Gasteiger partial charge >= 0.3 is 0 Å². The van der Waals surface area contributed by atoms with E-state index in [0.29, 0.717) is 26.1 Å². The molecule has 6 nitrogen and oxygen atoms in total. The van der Waals surface area contributed by atoms with Crippen LogP contribution in [0.25, 0.3) is 0 Å². The topological polar surface area (TPSA) is 89.0 Å². The van der Waals surface area contributed by atoms with Crippen molar-refractivity contribution in [1.82, 2.24) is 0 Å². The van der Waals surface area contributed by atoms with E-state index in [1.807, 2.05) is 12.1 Å². The van der Waals surface area contributed by atoms with Gasteiger partial charge < -0.3 is 30.4 Å². The van der Waals surface area contributed by atoms with Crippen molar-refractivity contribution in [1.29, 1.82) is 0 Å². The quantitative estimate of drug-likeness (QED) is 0.129. The Balaban J connectivity index is 2.09. The number of hydrogen-bond donors (Lipinski definition) is 2. The molecule has 0 saturated carbocycles. The van der Waals surface area contributed by atoms with E-state index in [9.17, 15) is 0 Å². The normalized spacial score (nSPS) is 16.1. The van der Waals surface area contributed by atoms with Gasteiger partial charge in [0.15, 0.2) is 0 Å². The Labute approximate surface area is 228 Å². The van der Waals surface area contributed by atoms with E-state index in [-0.39, 0.29) is 25.7 Å². The highest BCUT2D eigenvalue weighted by Crippen LogP contribution is 2.21. The molecule has 0 aromatic carbocycles. The van der Waals surface area contributed by atoms with Crippen molar-refractivity contribution in [2.45, 2.75) is 88.5 Å². The summed E-state index contributed by atoms with van der Waals surface area (Å²) in [4.78, 5) is 2.43. The van der Waals surface area contributed by atoms with Crippen LogP contribution in [0.4, 0.5) is 0 Å². The van der Waals surface area contributed by atoms with Gasteiger partial charge in [0.05, 0.1) is 0 Å². The minimum atomic E-state index is -1.18. The largest absolute Gasteiger partial charge is 0.356 e. The van der Waals surface area contributed by atoms with Crippen molar-refractivity contribution in [3.05, 3.63) is 44.8 Å². The van der Waals surface area contributed by atoms with Crippen LogP contribution in [0.5, 0.6) is 0 Å². The van der Waals surface area contributed by atoms with Crippen molar-refractivity contribution < 1.29 is 18.9 Å². The van der Waals surface area contributed by atoms with Crippen molar-refractivity contribution in [3.63, 3.8) is 0 Å². The van der Waals surface area contributed by atoms with E-state index in [0.717, 1.165) is 12.1 Å². The third kappa shape index (κ3) is 13.4. The van der Waals surface area contributed by atoms with Crippen LogP contribution in [0.3, 0.4) is 0 Å². The van der Waals surface area contributed by atoms with Crippen LogP contribution in [0.1, 0.15) is 9.75 Å². The maximum atomic E-state index is 6.76. The van der Waals surface area contributed by atoms with Crippen LogP contribution in [0, 0.1) is 0 Å². The van der Waals surface area contributed by atoms with Gasteiger partial charge in [0.1, 0.15) is 25.8 Å². The molecule has 0 aliphatic heterocycles. The van der Waals surface area contributed by atoms with Crippen molar-refractivity contribution in [3.8, 4) is 0 Å². The molecule has 4 atom stereocenters. The van der Waals surface area contributed by atoms with E-state index < -0.39 is 28.4 Å². The van der Waals surface area contributed by atoms with Gasteiger partial charge in [0.25, 0.3) is 0 Å². The van der Waals surface area contributed by atoms with Gasteiger partial charge in [0.2, 0.25) is 0 Å². The summed E-state index contributed by atoms with van der Waals surface area (Å²) in [6, 6.07) is 9.91. The molecule has 2 rings (SSSR count). The minimum absolute atomic E-state index is 0.176. The predicted octanol–water partition coefficient (Wildman–Crippen LogP) is 5.64. The lowest BCUT2D eigenvalue weighted by Crippen LogP contribution is -2.55. The SMILES string of the molecule is C[Si](C)(C)CCOCO[C@H]([C@@H](OCOCC[Si](C)(C)C)[C@H](N)Cc1cccs1)[C@H](N)Cc1cccs1. The molecule has 36 heavy (non-hydrogen) atoms. The molecule has 206 valence electrons. The maximum absolute atomic E-state index is 6.76. The van der Waals surface area contributed by atoms with E-state index in [1.54, 1.807) is 22.7 Å². The first-order valence-electron chi connectivity index (χ1n) is 12.9. The first kappa shape index (κ1) is 31.8. The summed E-state index contributed by atoms with van der Waals surface area (Å²) in [5.41, 5.74) is 13.5. The number of nitrogens with two attached hydrogens (primary N) is 2. The molecule has 2 aromatic rings. The molecular weight excluding hydrogens is 525 g/mol. The third-order valence-corrected chi connectivity index (χ3v) is 11.1. The molecule has 0 spiro atoms. The lowest BCUT2D eigenvalue weighted by Gasteiger charge is -2.35. The van der Waals surface area contributed by atoms with Gasteiger partial charge in [-0.3, -0.25) is 0 Å².